The van der Waals surface area contributed by atoms with Gasteiger partial charge in [-0.3, -0.25) is 0 Å². The molecule has 1 aliphatic heterocycles. The Balaban J connectivity index is 2.12. The number of ether oxygens (including phenoxy) is 1. The molecule has 2 rings (SSSR count). The first-order valence-electron chi connectivity index (χ1n) is 7.34. The van der Waals surface area contributed by atoms with Gasteiger partial charge >= 0.3 is 0 Å². The summed E-state index contributed by atoms with van der Waals surface area (Å²) < 4.78 is 5.78. The van der Waals surface area contributed by atoms with Gasteiger partial charge in [0.15, 0.2) is 0 Å². The Hall–Kier alpha value is -1.36. The normalized spacial score (nSPS) is 19.9. The highest BCUT2D eigenvalue weighted by molar-refractivity contribution is 5.47. The van der Waals surface area contributed by atoms with Gasteiger partial charge in [0, 0.05) is 31.7 Å². The van der Waals surface area contributed by atoms with Crippen LogP contribution in [0.3, 0.4) is 0 Å². The van der Waals surface area contributed by atoms with Gasteiger partial charge in [-0.15, -0.1) is 0 Å². The fourth-order valence-electron chi connectivity index (χ4n) is 2.33. The Morgan fingerprint density at radius 1 is 1.35 bits per heavy atom. The lowest BCUT2D eigenvalue weighted by molar-refractivity contribution is 0.0215. The van der Waals surface area contributed by atoms with E-state index in [0.29, 0.717) is 11.9 Å². The van der Waals surface area contributed by atoms with Crippen LogP contribution in [0, 0.1) is 0 Å². The molecule has 0 aromatic carbocycles. The van der Waals surface area contributed by atoms with Gasteiger partial charge in [0.25, 0.3) is 0 Å². The van der Waals surface area contributed by atoms with E-state index in [1.54, 1.807) is 0 Å². The molecular formula is C15H26N4O. The van der Waals surface area contributed by atoms with E-state index >= 15 is 0 Å². The van der Waals surface area contributed by atoms with Crippen LogP contribution in [0.4, 0.5) is 11.6 Å². The van der Waals surface area contributed by atoms with Gasteiger partial charge in [-0.25, -0.2) is 9.97 Å². The van der Waals surface area contributed by atoms with E-state index in [1.165, 1.54) is 12.8 Å². The molecule has 5 heteroatoms. The zero-order valence-electron chi connectivity index (χ0n) is 13.0. The number of anilines is 2. The lowest BCUT2D eigenvalue weighted by atomic mass is 9.96. The number of hydrogen-bond acceptors (Lipinski definition) is 5. The van der Waals surface area contributed by atoms with Gasteiger partial charge < -0.3 is 15.4 Å². The standard InChI is InChI=1S/C15H26N4O/c1-15(2,3)14-17-12(16)9-13(18-14)19(4)10-11-7-5-6-8-20-11/h9,11H,5-8,10H2,1-4H3,(H2,16,17,18). The minimum Gasteiger partial charge on any atom is -0.384 e. The third-order valence-corrected chi connectivity index (χ3v) is 3.55. The first-order chi connectivity index (χ1) is 9.36. The first kappa shape index (κ1) is 15.0. The molecule has 5 nitrogen and oxygen atoms in total. The Kier molecular flexibility index (Phi) is 4.48. The number of rotatable bonds is 3. The molecule has 112 valence electrons. The summed E-state index contributed by atoms with van der Waals surface area (Å²) in [5, 5.41) is 0. The molecule has 2 heterocycles. The summed E-state index contributed by atoms with van der Waals surface area (Å²) in [6.07, 6.45) is 3.84. The van der Waals surface area contributed by atoms with Crippen molar-refractivity contribution in [3.05, 3.63) is 11.9 Å². The van der Waals surface area contributed by atoms with E-state index in [2.05, 4.69) is 35.6 Å². The maximum absolute atomic E-state index is 5.92. The minimum absolute atomic E-state index is 0.105. The van der Waals surface area contributed by atoms with Crippen molar-refractivity contribution in [2.75, 3.05) is 30.8 Å². The molecule has 1 saturated heterocycles. The van der Waals surface area contributed by atoms with Gasteiger partial charge in [0.05, 0.1) is 6.10 Å². The summed E-state index contributed by atoms with van der Waals surface area (Å²) in [5.74, 6) is 2.18. The summed E-state index contributed by atoms with van der Waals surface area (Å²) in [6.45, 7) is 8.00. The van der Waals surface area contributed by atoms with Crippen molar-refractivity contribution in [1.29, 1.82) is 0 Å². The quantitative estimate of drug-likeness (QED) is 0.919. The molecule has 0 amide bonds. The summed E-state index contributed by atoms with van der Waals surface area (Å²) in [5.41, 5.74) is 5.81. The Morgan fingerprint density at radius 2 is 2.10 bits per heavy atom. The van der Waals surface area contributed by atoms with Crippen molar-refractivity contribution < 1.29 is 4.74 Å². The molecule has 0 spiro atoms. The van der Waals surface area contributed by atoms with Crippen LogP contribution in [-0.2, 0) is 10.2 Å². The second-order valence-corrected chi connectivity index (χ2v) is 6.59. The maximum Gasteiger partial charge on any atom is 0.138 e. The molecule has 2 N–H and O–H groups in total. The van der Waals surface area contributed by atoms with Crippen LogP contribution < -0.4 is 10.6 Å². The number of nitrogens with two attached hydrogens (primary N) is 1. The Labute approximate surface area is 121 Å². The molecule has 20 heavy (non-hydrogen) atoms. The fourth-order valence-corrected chi connectivity index (χ4v) is 2.33. The molecule has 1 unspecified atom stereocenters. The SMILES string of the molecule is CN(CC1CCCCO1)c1cc(N)nc(C(C)(C)C)n1. The fraction of sp³-hybridized carbons (Fsp3) is 0.733. The van der Waals surface area contributed by atoms with Gasteiger partial charge in [-0.05, 0) is 19.3 Å². The average molecular weight is 278 g/mol. The van der Waals surface area contributed by atoms with Gasteiger partial charge in [-0.2, -0.15) is 0 Å². The van der Waals surface area contributed by atoms with Crippen LogP contribution in [0.15, 0.2) is 6.07 Å². The van der Waals surface area contributed by atoms with Gasteiger partial charge in [0.2, 0.25) is 0 Å². The Bertz CT molecular complexity index is 450. The lowest BCUT2D eigenvalue weighted by Crippen LogP contribution is -2.34. The van der Waals surface area contributed by atoms with E-state index in [4.69, 9.17) is 10.5 Å². The van der Waals surface area contributed by atoms with Crippen molar-refractivity contribution in [1.82, 2.24) is 9.97 Å². The minimum atomic E-state index is -0.105. The predicted octanol–water partition coefficient (Wildman–Crippen LogP) is 2.36. The van der Waals surface area contributed by atoms with Crippen LogP contribution in [0.2, 0.25) is 0 Å². The van der Waals surface area contributed by atoms with Crippen molar-refractivity contribution in [3.8, 4) is 0 Å². The van der Waals surface area contributed by atoms with E-state index in [1.807, 2.05) is 13.1 Å². The van der Waals surface area contributed by atoms with E-state index in [0.717, 1.165) is 31.2 Å². The summed E-state index contributed by atoms with van der Waals surface area (Å²) in [4.78, 5) is 11.1. The van der Waals surface area contributed by atoms with Crippen LogP contribution >= 0.6 is 0 Å². The molecule has 0 bridgehead atoms. The highest BCUT2D eigenvalue weighted by Gasteiger charge is 2.21. The van der Waals surface area contributed by atoms with E-state index in [9.17, 15) is 0 Å². The molecule has 0 aliphatic carbocycles. The highest BCUT2D eigenvalue weighted by Crippen LogP contribution is 2.23. The zero-order chi connectivity index (χ0) is 14.8. The predicted molar refractivity (Wildman–Crippen MR) is 82.0 cm³/mol. The average Bonchev–Trinajstić information content (AvgIpc) is 2.38. The molecule has 0 radical (unpaired) electrons. The van der Waals surface area contributed by atoms with E-state index < -0.39 is 0 Å². The maximum atomic E-state index is 5.92. The molecular weight excluding hydrogens is 252 g/mol. The summed E-state index contributed by atoms with van der Waals surface area (Å²) >= 11 is 0. The summed E-state index contributed by atoms with van der Waals surface area (Å²) in [7, 11) is 2.03. The smallest absolute Gasteiger partial charge is 0.138 e. The molecule has 1 aliphatic rings. The number of aromatic nitrogens is 2. The van der Waals surface area contributed by atoms with E-state index in [-0.39, 0.29) is 5.41 Å². The molecule has 0 saturated carbocycles. The molecule has 1 atom stereocenters. The largest absolute Gasteiger partial charge is 0.384 e. The number of likely N-dealkylation sites (N-methyl/N-ethyl adjacent to an activating group) is 1. The monoisotopic (exact) mass is 278 g/mol. The van der Waals surface area contributed by atoms with Gasteiger partial charge in [-0.1, -0.05) is 20.8 Å². The number of nitrogens with zero attached hydrogens (tertiary/aromatic N) is 3. The molecule has 1 aromatic rings. The third kappa shape index (κ3) is 3.82. The zero-order valence-corrected chi connectivity index (χ0v) is 13.0. The Morgan fingerprint density at radius 3 is 2.70 bits per heavy atom. The van der Waals surface area contributed by atoms with Crippen molar-refractivity contribution in [2.24, 2.45) is 0 Å². The molecule has 1 aromatic heterocycles. The van der Waals surface area contributed by atoms with Crippen LogP contribution in [-0.4, -0.2) is 36.3 Å². The topological polar surface area (TPSA) is 64.3 Å². The lowest BCUT2D eigenvalue weighted by Gasteiger charge is -2.29. The first-order valence-corrected chi connectivity index (χ1v) is 7.34. The number of hydrogen-bond donors (Lipinski definition) is 1. The van der Waals surface area contributed by atoms with Crippen LogP contribution in [0.1, 0.15) is 45.9 Å². The van der Waals surface area contributed by atoms with Crippen molar-refractivity contribution >= 4 is 11.6 Å². The second kappa shape index (κ2) is 5.95. The number of nitrogen functional groups attached to an aromatic ring is 1. The molecule has 1 fully saturated rings. The van der Waals surface area contributed by atoms with Crippen LogP contribution in [0.25, 0.3) is 0 Å². The second-order valence-electron chi connectivity index (χ2n) is 6.59. The third-order valence-electron chi connectivity index (χ3n) is 3.55. The van der Waals surface area contributed by atoms with Crippen LogP contribution in [0.5, 0.6) is 0 Å². The van der Waals surface area contributed by atoms with Crippen molar-refractivity contribution in [3.63, 3.8) is 0 Å². The summed E-state index contributed by atoms with van der Waals surface area (Å²) in [6, 6.07) is 1.83. The van der Waals surface area contributed by atoms with Crippen molar-refractivity contribution in [2.45, 2.75) is 51.6 Å². The highest BCUT2D eigenvalue weighted by atomic mass is 16.5. The van der Waals surface area contributed by atoms with Gasteiger partial charge in [0.1, 0.15) is 17.5 Å².